The lowest BCUT2D eigenvalue weighted by molar-refractivity contribution is -0.160. The van der Waals surface area contributed by atoms with Crippen LogP contribution in [0.3, 0.4) is 0 Å². The number of aliphatic hydroxyl groups excluding tert-OH is 3. The molecule has 0 saturated carbocycles. The highest BCUT2D eigenvalue weighted by Gasteiger charge is 2.57. The van der Waals surface area contributed by atoms with Crippen molar-refractivity contribution in [2.45, 2.75) is 24.2 Å². The number of nitrogen functional groups attached to an aromatic ring is 1. The molecule has 4 rings (SSSR count). The summed E-state index contributed by atoms with van der Waals surface area (Å²) >= 11 is 0. The lowest BCUT2D eigenvalue weighted by Gasteiger charge is -2.34. The normalized spacial score (nSPS) is 27.2. The second-order valence-corrected chi connectivity index (χ2v) is 6.21. The van der Waals surface area contributed by atoms with Crippen LogP contribution in [0, 0.1) is 0 Å². The van der Waals surface area contributed by atoms with Crippen molar-refractivity contribution in [1.82, 2.24) is 29.8 Å². The van der Waals surface area contributed by atoms with Crippen molar-refractivity contribution in [2.75, 3.05) is 12.3 Å². The number of aromatic nitrogens is 5. The number of nitrogens with two attached hydrogens (primary N) is 1. The van der Waals surface area contributed by atoms with Crippen LogP contribution < -0.4 is 11.1 Å². The molecule has 28 heavy (non-hydrogen) atoms. The Balaban J connectivity index is 1.85. The molecular weight excluding hydrogens is 370 g/mol. The Morgan fingerprint density at radius 3 is 2.86 bits per heavy atom. The lowest BCUT2D eigenvalue weighted by Crippen LogP contribution is -2.58. The van der Waals surface area contributed by atoms with Gasteiger partial charge in [0, 0.05) is 12.4 Å². The van der Waals surface area contributed by atoms with Crippen LogP contribution in [-0.2, 0) is 10.6 Å². The van der Waals surface area contributed by atoms with Crippen LogP contribution in [0.2, 0.25) is 0 Å². The van der Waals surface area contributed by atoms with E-state index in [2.05, 4.69) is 25.3 Å². The molecule has 1 aliphatic heterocycles. The number of rotatable bonds is 4. The number of carbonyl (C=O) groups is 1. The second kappa shape index (κ2) is 6.76. The van der Waals surface area contributed by atoms with E-state index in [0.717, 1.165) is 0 Å². The molecule has 6 N–H and O–H groups in total. The van der Waals surface area contributed by atoms with Gasteiger partial charge in [0.25, 0.3) is 11.8 Å². The van der Waals surface area contributed by atoms with E-state index >= 15 is 0 Å². The Bertz CT molecular complexity index is 1010. The van der Waals surface area contributed by atoms with Crippen LogP contribution in [0.5, 0.6) is 0 Å². The van der Waals surface area contributed by atoms with Crippen molar-refractivity contribution >= 4 is 22.9 Å². The summed E-state index contributed by atoms with van der Waals surface area (Å²) in [4.78, 5) is 28.7. The number of anilines is 1. The largest absolute Gasteiger partial charge is 0.394 e. The summed E-state index contributed by atoms with van der Waals surface area (Å²) in [6.45, 7) is -0.591. The predicted molar refractivity (Wildman–Crippen MR) is 93.4 cm³/mol. The number of amides is 1. The van der Waals surface area contributed by atoms with Crippen molar-refractivity contribution in [1.29, 1.82) is 0 Å². The molecule has 146 valence electrons. The van der Waals surface area contributed by atoms with Crippen LogP contribution in [-0.4, -0.2) is 70.6 Å². The Hall–Kier alpha value is -3.19. The Kier molecular flexibility index (Phi) is 4.39. The van der Waals surface area contributed by atoms with Crippen LogP contribution in [0.1, 0.15) is 10.4 Å². The fourth-order valence-electron chi connectivity index (χ4n) is 3.14. The van der Waals surface area contributed by atoms with Crippen LogP contribution in [0.4, 0.5) is 5.82 Å². The molecule has 0 unspecified atom stereocenters. The summed E-state index contributed by atoms with van der Waals surface area (Å²) in [6.07, 6.45) is 0.955. The molecule has 1 saturated heterocycles. The van der Waals surface area contributed by atoms with Gasteiger partial charge in [0.1, 0.15) is 30.4 Å². The molecule has 3 aromatic rings. The van der Waals surface area contributed by atoms with E-state index < -0.39 is 36.7 Å². The highest BCUT2D eigenvalue weighted by Crippen LogP contribution is 2.36. The molecule has 4 heterocycles. The van der Waals surface area contributed by atoms with Gasteiger partial charge in [-0.15, -0.1) is 0 Å². The quantitative estimate of drug-likeness (QED) is 0.334. The molecule has 1 amide bonds. The number of imidazole rings is 1. The minimum Gasteiger partial charge on any atom is -0.394 e. The van der Waals surface area contributed by atoms with E-state index in [1.54, 1.807) is 6.07 Å². The molecule has 12 heteroatoms. The first-order valence-electron chi connectivity index (χ1n) is 8.29. The molecule has 1 aliphatic rings. The number of pyridine rings is 1. The number of nitrogens with one attached hydrogen (secondary N) is 1. The summed E-state index contributed by atoms with van der Waals surface area (Å²) in [6, 6.07) is 3.09. The maximum absolute atomic E-state index is 12.8. The Morgan fingerprint density at radius 2 is 2.18 bits per heavy atom. The predicted octanol–water partition coefficient (Wildman–Crippen LogP) is -2.04. The second-order valence-electron chi connectivity index (χ2n) is 6.21. The van der Waals surface area contributed by atoms with Crippen molar-refractivity contribution in [3.63, 3.8) is 0 Å². The minimum atomic E-state index is -2.00. The van der Waals surface area contributed by atoms with Crippen LogP contribution in [0.15, 0.2) is 37.2 Å². The van der Waals surface area contributed by atoms with Gasteiger partial charge in [-0.1, -0.05) is 0 Å². The standard InChI is InChI=1S/C16H17N7O5/c17-13-10-14(20-6-19-13)23(7-21-10)16(12(26)11(25)9(5-24)28-16)22-15(27)8-2-1-3-18-4-8/h1-4,6-7,9,11-12,24-26H,5H2,(H,22,27)(H2,17,19,20)/t9-,11-,12-,16+/m1/s1. The number of aliphatic hydroxyl groups is 3. The van der Waals surface area contributed by atoms with Gasteiger partial charge in [-0.2, -0.15) is 0 Å². The van der Waals surface area contributed by atoms with E-state index in [1.807, 2.05) is 0 Å². The highest BCUT2D eigenvalue weighted by atomic mass is 16.6. The zero-order chi connectivity index (χ0) is 19.9. The van der Waals surface area contributed by atoms with E-state index in [-0.39, 0.29) is 22.5 Å². The SMILES string of the molecule is Nc1ncnc2c1ncn2[C@]1(NC(=O)c2cccnc2)O[C@H](CO)[C@@H](O)[C@H]1O. The number of nitrogens with zero attached hydrogens (tertiary/aromatic N) is 5. The number of fused-ring (bicyclic) bond motifs is 1. The topological polar surface area (TPSA) is 182 Å². The van der Waals surface area contributed by atoms with E-state index in [0.29, 0.717) is 0 Å². The summed E-state index contributed by atoms with van der Waals surface area (Å²) < 4.78 is 6.96. The number of ether oxygens (including phenoxy) is 1. The third kappa shape index (κ3) is 2.66. The first kappa shape index (κ1) is 18.2. The molecular formula is C16H17N7O5. The first-order valence-corrected chi connectivity index (χ1v) is 8.29. The van der Waals surface area contributed by atoms with Gasteiger partial charge in [0.05, 0.1) is 12.2 Å². The zero-order valence-electron chi connectivity index (χ0n) is 14.4. The average molecular weight is 387 g/mol. The molecule has 3 aromatic heterocycles. The van der Waals surface area contributed by atoms with Crippen molar-refractivity contribution in [3.8, 4) is 0 Å². The summed E-state index contributed by atoms with van der Waals surface area (Å²) in [5, 5.41) is 33.1. The van der Waals surface area contributed by atoms with Gasteiger partial charge in [0.15, 0.2) is 17.6 Å². The lowest BCUT2D eigenvalue weighted by atomic mass is 10.1. The van der Waals surface area contributed by atoms with Gasteiger partial charge in [0.2, 0.25) is 0 Å². The molecule has 0 bridgehead atoms. The average Bonchev–Trinajstić information content (AvgIpc) is 3.25. The maximum Gasteiger partial charge on any atom is 0.258 e. The fraction of sp³-hybridized carbons (Fsp3) is 0.312. The minimum absolute atomic E-state index is 0.0872. The summed E-state index contributed by atoms with van der Waals surface area (Å²) in [7, 11) is 0. The molecule has 0 spiro atoms. The number of carbonyl (C=O) groups excluding carboxylic acids is 1. The smallest absolute Gasteiger partial charge is 0.258 e. The number of hydrogen-bond donors (Lipinski definition) is 5. The van der Waals surface area contributed by atoms with Crippen molar-refractivity contribution in [3.05, 3.63) is 42.7 Å². The van der Waals surface area contributed by atoms with Crippen molar-refractivity contribution < 1.29 is 24.9 Å². The zero-order valence-corrected chi connectivity index (χ0v) is 14.4. The third-order valence-corrected chi connectivity index (χ3v) is 4.55. The van der Waals surface area contributed by atoms with Crippen LogP contribution in [0.25, 0.3) is 11.2 Å². The van der Waals surface area contributed by atoms with Gasteiger partial charge in [-0.3, -0.25) is 14.3 Å². The number of hydrogen-bond acceptors (Lipinski definition) is 10. The van der Waals surface area contributed by atoms with Crippen LogP contribution >= 0.6 is 0 Å². The summed E-state index contributed by atoms with van der Waals surface area (Å²) in [5.74, 6) is -2.55. The van der Waals surface area contributed by atoms with Crippen molar-refractivity contribution in [2.24, 2.45) is 0 Å². The molecule has 0 aliphatic carbocycles. The monoisotopic (exact) mass is 387 g/mol. The molecule has 4 atom stereocenters. The van der Waals surface area contributed by atoms with Gasteiger partial charge >= 0.3 is 0 Å². The van der Waals surface area contributed by atoms with Gasteiger partial charge in [-0.25, -0.2) is 15.0 Å². The molecule has 0 radical (unpaired) electrons. The first-order chi connectivity index (χ1) is 13.5. The highest BCUT2D eigenvalue weighted by molar-refractivity contribution is 5.94. The fourth-order valence-corrected chi connectivity index (χ4v) is 3.14. The summed E-state index contributed by atoms with van der Waals surface area (Å²) in [5.41, 5.74) is 6.37. The molecule has 1 fully saturated rings. The Morgan fingerprint density at radius 1 is 1.36 bits per heavy atom. The van der Waals surface area contributed by atoms with E-state index in [9.17, 15) is 20.1 Å². The van der Waals surface area contributed by atoms with Gasteiger partial charge < -0.3 is 31.1 Å². The van der Waals surface area contributed by atoms with E-state index in [4.69, 9.17) is 10.5 Å². The third-order valence-electron chi connectivity index (χ3n) is 4.55. The van der Waals surface area contributed by atoms with E-state index in [1.165, 1.54) is 35.7 Å². The maximum atomic E-state index is 12.8. The molecule has 12 nitrogen and oxygen atoms in total. The molecule has 0 aromatic carbocycles. The van der Waals surface area contributed by atoms with Gasteiger partial charge in [-0.05, 0) is 12.1 Å². The Labute approximate surface area is 157 Å².